The van der Waals surface area contributed by atoms with Crippen LogP contribution in [0.1, 0.15) is 6.92 Å². The van der Waals surface area contributed by atoms with Crippen molar-refractivity contribution in [2.75, 3.05) is 4.90 Å². The third-order valence-corrected chi connectivity index (χ3v) is 9.53. The number of aryl methyl sites for hydroxylation is 1. The monoisotopic (exact) mass is 588 g/mol. The lowest BCUT2D eigenvalue weighted by molar-refractivity contribution is 0.827. The summed E-state index contributed by atoms with van der Waals surface area (Å²) in [5.74, 6) is 0. The van der Waals surface area contributed by atoms with Crippen LogP contribution in [0.2, 0.25) is 0 Å². The van der Waals surface area contributed by atoms with Crippen molar-refractivity contribution in [3.05, 3.63) is 164 Å². The molecular weight excluding hydrogens is 556 g/mol. The Bertz CT molecular complexity index is 2500. The minimum Gasteiger partial charge on any atom is -0.341 e. The van der Waals surface area contributed by atoms with Gasteiger partial charge in [0, 0.05) is 45.4 Å². The van der Waals surface area contributed by atoms with Crippen LogP contribution in [0.25, 0.3) is 65.3 Å². The Morgan fingerprint density at radius 1 is 0.370 bits per heavy atom. The van der Waals surface area contributed by atoms with E-state index in [1.54, 1.807) is 0 Å². The normalized spacial score (nSPS) is 11.7. The maximum absolute atomic E-state index is 2.45. The van der Waals surface area contributed by atoms with Crippen LogP contribution in [0.5, 0.6) is 0 Å². The van der Waals surface area contributed by atoms with Gasteiger partial charge in [0.1, 0.15) is 0 Å². The van der Waals surface area contributed by atoms with E-state index in [2.05, 4.69) is 180 Å². The van der Waals surface area contributed by atoms with Gasteiger partial charge in [0.25, 0.3) is 0 Å². The van der Waals surface area contributed by atoms with Crippen molar-refractivity contribution < 1.29 is 0 Å². The molecule has 9 aromatic rings. The van der Waals surface area contributed by atoms with E-state index < -0.39 is 0 Å². The van der Waals surface area contributed by atoms with Crippen molar-refractivity contribution >= 4 is 71.2 Å². The Balaban J connectivity index is 1.22. The Kier molecular flexibility index (Phi) is 6.14. The van der Waals surface area contributed by atoms with Gasteiger partial charge in [-0.2, -0.15) is 0 Å². The summed E-state index contributed by atoms with van der Waals surface area (Å²) in [5, 5.41) is 10.4. The third-order valence-electron chi connectivity index (χ3n) is 9.53. The largest absolute Gasteiger partial charge is 0.341 e. The first-order valence-electron chi connectivity index (χ1n) is 16.1. The van der Waals surface area contributed by atoms with E-state index in [1.807, 2.05) is 0 Å². The molecule has 1 aromatic heterocycles. The highest BCUT2D eigenvalue weighted by Gasteiger charge is 2.16. The summed E-state index contributed by atoms with van der Waals surface area (Å²) in [5.41, 5.74) is 8.44. The molecule has 0 aliphatic carbocycles. The Labute approximate surface area is 268 Å². The number of benzene rings is 8. The highest BCUT2D eigenvalue weighted by Crippen LogP contribution is 2.41. The molecule has 2 nitrogen and oxygen atoms in total. The van der Waals surface area contributed by atoms with Gasteiger partial charge in [-0.05, 0) is 111 Å². The summed E-state index contributed by atoms with van der Waals surface area (Å²) in [4.78, 5) is 2.31. The predicted octanol–water partition coefficient (Wildman–Crippen LogP) is 12.4. The van der Waals surface area contributed by atoms with Gasteiger partial charge in [-0.15, -0.1) is 0 Å². The second-order valence-electron chi connectivity index (χ2n) is 12.0. The van der Waals surface area contributed by atoms with Crippen LogP contribution in [-0.2, 0) is 6.54 Å². The molecule has 0 amide bonds. The van der Waals surface area contributed by atoms with Gasteiger partial charge in [0.15, 0.2) is 0 Å². The lowest BCUT2D eigenvalue weighted by Crippen LogP contribution is -2.09. The van der Waals surface area contributed by atoms with Gasteiger partial charge in [0.05, 0.1) is 0 Å². The highest BCUT2D eigenvalue weighted by atomic mass is 15.1. The van der Waals surface area contributed by atoms with Crippen molar-refractivity contribution in [2.24, 2.45) is 0 Å². The highest BCUT2D eigenvalue weighted by molar-refractivity contribution is 6.29. The topological polar surface area (TPSA) is 8.17 Å². The van der Waals surface area contributed by atoms with Crippen LogP contribution in [-0.4, -0.2) is 4.57 Å². The van der Waals surface area contributed by atoms with E-state index in [1.165, 1.54) is 65.3 Å². The zero-order chi connectivity index (χ0) is 30.6. The minimum absolute atomic E-state index is 0.942. The zero-order valence-corrected chi connectivity index (χ0v) is 25.7. The molecule has 218 valence electrons. The molecule has 0 spiro atoms. The van der Waals surface area contributed by atoms with E-state index in [4.69, 9.17) is 0 Å². The van der Waals surface area contributed by atoms with E-state index in [-0.39, 0.29) is 0 Å². The molecule has 1 heterocycles. The van der Waals surface area contributed by atoms with Crippen molar-refractivity contribution in [2.45, 2.75) is 13.5 Å². The second-order valence-corrected chi connectivity index (χ2v) is 12.0. The molecule has 2 heteroatoms. The van der Waals surface area contributed by atoms with Crippen molar-refractivity contribution in [3.63, 3.8) is 0 Å². The number of para-hydroxylation sites is 3. The smallest absolute Gasteiger partial charge is 0.0497 e. The lowest BCUT2D eigenvalue weighted by atomic mass is 9.91. The number of hydrogen-bond donors (Lipinski definition) is 0. The van der Waals surface area contributed by atoms with Crippen LogP contribution < -0.4 is 4.90 Å². The lowest BCUT2D eigenvalue weighted by Gasteiger charge is -2.25. The van der Waals surface area contributed by atoms with Gasteiger partial charge in [-0.1, -0.05) is 103 Å². The fourth-order valence-corrected chi connectivity index (χ4v) is 7.42. The predicted molar refractivity (Wildman–Crippen MR) is 198 cm³/mol. The Morgan fingerprint density at radius 2 is 0.870 bits per heavy atom. The van der Waals surface area contributed by atoms with Crippen LogP contribution in [0.4, 0.5) is 17.1 Å². The van der Waals surface area contributed by atoms with Crippen LogP contribution in [0.15, 0.2) is 164 Å². The van der Waals surface area contributed by atoms with Crippen molar-refractivity contribution in [1.82, 2.24) is 4.57 Å². The molecule has 0 fully saturated rings. The molecule has 0 saturated heterocycles. The average molecular weight is 589 g/mol. The summed E-state index contributed by atoms with van der Waals surface area (Å²) in [6, 6.07) is 59.7. The standard InChI is InChI=1S/C44H32N2/c1-2-45-43-20-12-11-19-38(43)42-28-40-37-26-23-31(27-39(37)35-17-9-10-18-36(35)41(40)29-44(42)45)30-21-24-34(25-22-30)46(32-13-5-3-6-14-32)33-15-7-4-8-16-33/h3-29H,2H2,1H3. The first kappa shape index (κ1) is 26.5. The molecular formula is C44H32N2. The molecule has 0 bridgehead atoms. The molecule has 0 aliphatic heterocycles. The van der Waals surface area contributed by atoms with Crippen LogP contribution in [0.3, 0.4) is 0 Å². The summed E-state index contributed by atoms with van der Waals surface area (Å²) >= 11 is 0. The Morgan fingerprint density at radius 3 is 1.52 bits per heavy atom. The minimum atomic E-state index is 0.942. The molecule has 0 radical (unpaired) electrons. The Hall–Kier alpha value is -5.86. The van der Waals surface area contributed by atoms with E-state index in [0.717, 1.165) is 23.6 Å². The average Bonchev–Trinajstić information content (AvgIpc) is 3.44. The molecule has 8 aromatic carbocycles. The number of nitrogens with zero attached hydrogens (tertiary/aromatic N) is 2. The number of hydrogen-bond acceptors (Lipinski definition) is 1. The maximum atomic E-state index is 2.45. The van der Waals surface area contributed by atoms with Gasteiger partial charge in [-0.3, -0.25) is 0 Å². The summed E-state index contributed by atoms with van der Waals surface area (Å²) < 4.78 is 2.45. The van der Waals surface area contributed by atoms with Crippen molar-refractivity contribution in [1.29, 1.82) is 0 Å². The third kappa shape index (κ3) is 4.11. The molecule has 0 aliphatic rings. The number of aromatic nitrogens is 1. The molecule has 0 atom stereocenters. The first-order chi connectivity index (χ1) is 22.8. The second kappa shape index (κ2) is 10.6. The molecule has 9 rings (SSSR count). The molecule has 0 saturated carbocycles. The summed E-state index contributed by atoms with van der Waals surface area (Å²) in [6.45, 7) is 3.18. The van der Waals surface area contributed by atoms with Crippen LogP contribution >= 0.6 is 0 Å². The van der Waals surface area contributed by atoms with E-state index in [9.17, 15) is 0 Å². The van der Waals surface area contributed by atoms with E-state index in [0.29, 0.717) is 0 Å². The first-order valence-corrected chi connectivity index (χ1v) is 16.1. The number of anilines is 3. The summed E-state index contributed by atoms with van der Waals surface area (Å²) in [6.07, 6.45) is 0. The SMILES string of the molecule is CCn1c2ccccc2c2cc3c4ccc(-c5ccc(N(c6ccccc6)c6ccccc6)cc5)cc4c4ccccc4c3cc21. The fraction of sp³-hybridized carbons (Fsp3) is 0.0455. The fourth-order valence-electron chi connectivity index (χ4n) is 7.42. The van der Waals surface area contributed by atoms with Gasteiger partial charge >= 0.3 is 0 Å². The number of fused-ring (bicyclic) bond motifs is 9. The maximum Gasteiger partial charge on any atom is 0.0497 e. The quantitative estimate of drug-likeness (QED) is 0.182. The van der Waals surface area contributed by atoms with Gasteiger partial charge in [0.2, 0.25) is 0 Å². The summed E-state index contributed by atoms with van der Waals surface area (Å²) in [7, 11) is 0. The van der Waals surface area contributed by atoms with E-state index >= 15 is 0 Å². The molecule has 0 N–H and O–H groups in total. The van der Waals surface area contributed by atoms with Crippen molar-refractivity contribution in [3.8, 4) is 11.1 Å². The number of rotatable bonds is 5. The zero-order valence-electron chi connectivity index (χ0n) is 25.7. The van der Waals surface area contributed by atoms with Gasteiger partial charge in [-0.25, -0.2) is 0 Å². The van der Waals surface area contributed by atoms with Crippen LogP contribution in [0, 0.1) is 0 Å². The molecule has 46 heavy (non-hydrogen) atoms. The van der Waals surface area contributed by atoms with Gasteiger partial charge < -0.3 is 9.47 Å². The molecule has 0 unspecified atom stereocenters.